The van der Waals surface area contributed by atoms with Crippen molar-refractivity contribution < 1.29 is 19.4 Å². The highest BCUT2D eigenvalue weighted by molar-refractivity contribution is 14.1. The SMILES string of the molecule is CCOC(=O)[C@H](Cc1ccc(Oc2ccc(O)cc2)cc1)NI. The number of nitrogens with one attached hydrogen (secondary N) is 1. The summed E-state index contributed by atoms with van der Waals surface area (Å²) in [7, 11) is 0. The number of carbonyl (C=O) groups is 1. The summed E-state index contributed by atoms with van der Waals surface area (Å²) in [5.41, 5.74) is 1.00. The number of aromatic hydroxyl groups is 1. The molecule has 0 saturated heterocycles. The summed E-state index contributed by atoms with van der Waals surface area (Å²) < 4.78 is 13.6. The number of halogens is 1. The zero-order chi connectivity index (χ0) is 16.7. The molecule has 0 spiro atoms. The monoisotopic (exact) mass is 427 g/mol. The number of rotatable bonds is 7. The molecule has 0 aromatic heterocycles. The van der Waals surface area contributed by atoms with Gasteiger partial charge in [0, 0.05) is 22.9 Å². The van der Waals surface area contributed by atoms with Crippen LogP contribution >= 0.6 is 22.9 Å². The van der Waals surface area contributed by atoms with Gasteiger partial charge in [0.25, 0.3) is 0 Å². The lowest BCUT2D eigenvalue weighted by Gasteiger charge is -2.14. The normalized spacial score (nSPS) is 11.7. The molecule has 0 aliphatic carbocycles. The quantitative estimate of drug-likeness (QED) is 0.402. The van der Waals surface area contributed by atoms with Crippen molar-refractivity contribution in [1.82, 2.24) is 3.53 Å². The molecule has 0 saturated carbocycles. The molecule has 1 atom stereocenters. The number of ether oxygens (including phenoxy) is 2. The Morgan fingerprint density at radius 1 is 1.13 bits per heavy atom. The van der Waals surface area contributed by atoms with Crippen LogP contribution < -0.4 is 8.27 Å². The summed E-state index contributed by atoms with van der Waals surface area (Å²) in [6, 6.07) is 13.7. The topological polar surface area (TPSA) is 67.8 Å². The van der Waals surface area contributed by atoms with Crippen LogP contribution in [0.25, 0.3) is 0 Å². The molecule has 6 heteroatoms. The minimum absolute atomic E-state index is 0.198. The van der Waals surface area contributed by atoms with Crippen LogP contribution in [0.2, 0.25) is 0 Å². The summed E-state index contributed by atoms with van der Waals surface area (Å²) in [5, 5.41) is 9.25. The van der Waals surface area contributed by atoms with Crippen LogP contribution in [0.4, 0.5) is 0 Å². The third kappa shape index (κ3) is 5.40. The number of hydrogen-bond donors (Lipinski definition) is 2. The Balaban J connectivity index is 1.98. The lowest BCUT2D eigenvalue weighted by atomic mass is 10.1. The van der Waals surface area contributed by atoms with E-state index in [0.717, 1.165) is 5.56 Å². The molecule has 122 valence electrons. The molecule has 0 aliphatic rings. The highest BCUT2D eigenvalue weighted by atomic mass is 127. The van der Waals surface area contributed by atoms with Gasteiger partial charge in [0.05, 0.1) is 6.61 Å². The predicted octanol–water partition coefficient (Wildman–Crippen LogP) is 3.60. The third-order valence-electron chi connectivity index (χ3n) is 3.14. The first-order valence-corrected chi connectivity index (χ1v) is 8.29. The van der Waals surface area contributed by atoms with Crippen molar-refractivity contribution >= 4 is 28.8 Å². The molecule has 0 amide bonds. The molecule has 2 aromatic rings. The average Bonchev–Trinajstić information content (AvgIpc) is 2.56. The van der Waals surface area contributed by atoms with Crippen molar-refractivity contribution in [2.75, 3.05) is 6.61 Å². The van der Waals surface area contributed by atoms with E-state index in [9.17, 15) is 9.90 Å². The summed E-state index contributed by atoms with van der Waals surface area (Å²) >= 11 is 1.96. The van der Waals surface area contributed by atoms with Gasteiger partial charge in [-0.1, -0.05) is 12.1 Å². The van der Waals surface area contributed by atoms with Gasteiger partial charge in [-0.25, -0.2) is 3.53 Å². The van der Waals surface area contributed by atoms with Crippen molar-refractivity contribution in [2.45, 2.75) is 19.4 Å². The number of benzene rings is 2. The number of hydrogen-bond acceptors (Lipinski definition) is 5. The summed E-state index contributed by atoms with van der Waals surface area (Å²) in [5.74, 6) is 1.28. The first-order valence-electron chi connectivity index (χ1n) is 7.21. The van der Waals surface area contributed by atoms with E-state index in [4.69, 9.17) is 9.47 Å². The molecular formula is C17H18INO4. The predicted molar refractivity (Wildman–Crippen MR) is 95.9 cm³/mol. The second-order valence-corrected chi connectivity index (χ2v) is 5.48. The lowest BCUT2D eigenvalue weighted by molar-refractivity contribution is -0.144. The van der Waals surface area contributed by atoms with E-state index >= 15 is 0 Å². The Kier molecular flexibility index (Phi) is 6.66. The van der Waals surface area contributed by atoms with E-state index in [0.29, 0.717) is 24.5 Å². The Bertz CT molecular complexity index is 628. The van der Waals surface area contributed by atoms with Crippen molar-refractivity contribution in [3.8, 4) is 17.2 Å². The van der Waals surface area contributed by atoms with Crippen LogP contribution in [0.3, 0.4) is 0 Å². The minimum atomic E-state index is -0.376. The van der Waals surface area contributed by atoms with Gasteiger partial charge in [-0.05, 0) is 55.3 Å². The standard InChI is InChI=1S/C17H18INO4/c1-2-22-17(21)16(19-18)11-12-3-7-14(8-4-12)23-15-9-5-13(20)6-10-15/h3-10,16,19-20H,2,11H2,1H3/t16-/m0/s1. The second kappa shape index (κ2) is 8.73. The fourth-order valence-corrected chi connectivity index (χ4v) is 2.46. The molecular weight excluding hydrogens is 409 g/mol. The highest BCUT2D eigenvalue weighted by Gasteiger charge is 2.18. The van der Waals surface area contributed by atoms with E-state index < -0.39 is 0 Å². The molecule has 2 rings (SSSR count). The molecule has 0 bridgehead atoms. The first-order chi connectivity index (χ1) is 11.1. The van der Waals surface area contributed by atoms with Crippen LogP contribution in [0, 0.1) is 0 Å². The van der Waals surface area contributed by atoms with Gasteiger partial charge in [0.15, 0.2) is 0 Å². The van der Waals surface area contributed by atoms with E-state index in [1.165, 1.54) is 0 Å². The van der Waals surface area contributed by atoms with E-state index in [-0.39, 0.29) is 17.8 Å². The van der Waals surface area contributed by atoms with E-state index in [2.05, 4.69) is 3.53 Å². The maximum Gasteiger partial charge on any atom is 0.324 e. The Hall–Kier alpha value is -1.80. The third-order valence-corrected chi connectivity index (χ3v) is 3.89. The number of carbonyl (C=O) groups excluding carboxylic acids is 1. The average molecular weight is 427 g/mol. The molecule has 0 unspecified atom stereocenters. The number of phenolic OH excluding ortho intramolecular Hbond substituents is 1. The molecule has 2 aromatic carbocycles. The maximum atomic E-state index is 11.8. The van der Waals surface area contributed by atoms with Gasteiger partial charge in [-0.3, -0.25) is 4.79 Å². The molecule has 0 fully saturated rings. The Morgan fingerprint density at radius 2 is 1.70 bits per heavy atom. The van der Waals surface area contributed by atoms with Crippen LogP contribution in [-0.4, -0.2) is 23.7 Å². The fourth-order valence-electron chi connectivity index (χ4n) is 1.99. The van der Waals surface area contributed by atoms with Crippen molar-refractivity contribution in [3.63, 3.8) is 0 Å². The van der Waals surface area contributed by atoms with Crippen LogP contribution in [0.15, 0.2) is 48.5 Å². The van der Waals surface area contributed by atoms with E-state index in [1.54, 1.807) is 31.2 Å². The Morgan fingerprint density at radius 3 is 2.22 bits per heavy atom. The van der Waals surface area contributed by atoms with Gasteiger partial charge in [-0.2, -0.15) is 0 Å². The second-order valence-electron chi connectivity index (χ2n) is 4.86. The van der Waals surface area contributed by atoms with Crippen LogP contribution in [-0.2, 0) is 16.0 Å². The molecule has 2 N–H and O–H groups in total. The van der Waals surface area contributed by atoms with Crippen molar-refractivity contribution in [1.29, 1.82) is 0 Å². The van der Waals surface area contributed by atoms with Crippen molar-refractivity contribution in [3.05, 3.63) is 54.1 Å². The largest absolute Gasteiger partial charge is 0.508 e. The molecule has 0 heterocycles. The number of esters is 1. The van der Waals surface area contributed by atoms with Gasteiger partial charge in [0.1, 0.15) is 23.3 Å². The van der Waals surface area contributed by atoms with Gasteiger partial charge in [0.2, 0.25) is 0 Å². The highest BCUT2D eigenvalue weighted by Crippen LogP contribution is 2.23. The summed E-state index contributed by atoms with van der Waals surface area (Å²) in [4.78, 5) is 11.8. The molecule has 5 nitrogen and oxygen atoms in total. The van der Waals surface area contributed by atoms with E-state index in [1.807, 2.05) is 47.1 Å². The van der Waals surface area contributed by atoms with Gasteiger partial charge < -0.3 is 14.6 Å². The molecule has 0 radical (unpaired) electrons. The zero-order valence-electron chi connectivity index (χ0n) is 12.7. The van der Waals surface area contributed by atoms with Gasteiger partial charge >= 0.3 is 5.97 Å². The molecule has 23 heavy (non-hydrogen) atoms. The zero-order valence-corrected chi connectivity index (χ0v) is 14.8. The summed E-state index contributed by atoms with van der Waals surface area (Å²) in [6.07, 6.45) is 0.543. The fraction of sp³-hybridized carbons (Fsp3) is 0.235. The first kappa shape index (κ1) is 17.6. The van der Waals surface area contributed by atoms with Crippen LogP contribution in [0.1, 0.15) is 12.5 Å². The van der Waals surface area contributed by atoms with Crippen molar-refractivity contribution in [2.24, 2.45) is 0 Å². The molecule has 0 aliphatic heterocycles. The van der Waals surface area contributed by atoms with Gasteiger partial charge in [-0.15, -0.1) is 0 Å². The number of phenols is 1. The summed E-state index contributed by atoms with van der Waals surface area (Å²) in [6.45, 7) is 2.16. The van der Waals surface area contributed by atoms with Crippen LogP contribution in [0.5, 0.6) is 17.2 Å². The maximum absolute atomic E-state index is 11.8. The smallest absolute Gasteiger partial charge is 0.324 e. The Labute approximate surface area is 149 Å². The lowest BCUT2D eigenvalue weighted by Crippen LogP contribution is -2.34. The minimum Gasteiger partial charge on any atom is -0.508 e.